The molecule has 33 heavy (non-hydrogen) atoms. The second kappa shape index (κ2) is 9.49. The Morgan fingerprint density at radius 1 is 1.12 bits per heavy atom. The van der Waals surface area contributed by atoms with Gasteiger partial charge in [-0.3, -0.25) is 14.6 Å². The molecule has 8 heteroatoms. The highest BCUT2D eigenvalue weighted by Gasteiger charge is 2.46. The number of pyridine rings is 1. The van der Waals surface area contributed by atoms with Gasteiger partial charge in [0.2, 0.25) is 11.8 Å². The van der Waals surface area contributed by atoms with E-state index in [1.165, 1.54) is 0 Å². The number of benzene rings is 1. The number of aromatic nitrogens is 1. The van der Waals surface area contributed by atoms with Crippen LogP contribution in [0, 0.1) is 5.92 Å². The summed E-state index contributed by atoms with van der Waals surface area (Å²) in [7, 11) is 0. The summed E-state index contributed by atoms with van der Waals surface area (Å²) in [5, 5.41) is 15.8. The molecule has 3 N–H and O–H groups in total. The molecule has 2 aromatic rings. The van der Waals surface area contributed by atoms with E-state index in [0.29, 0.717) is 25.3 Å². The maximum atomic E-state index is 12.5. The summed E-state index contributed by atoms with van der Waals surface area (Å²) in [5.74, 6) is 1.17. The maximum absolute atomic E-state index is 12.5. The molecule has 0 radical (unpaired) electrons. The minimum Gasteiger partial charge on any atom is -0.487 e. The smallest absolute Gasteiger partial charge is 0.224 e. The summed E-state index contributed by atoms with van der Waals surface area (Å²) in [6, 6.07) is 11.2. The number of amides is 2. The zero-order chi connectivity index (χ0) is 22.8. The maximum Gasteiger partial charge on any atom is 0.224 e. The number of aliphatic hydroxyl groups is 1. The lowest BCUT2D eigenvalue weighted by Gasteiger charge is -2.37. The van der Waals surface area contributed by atoms with Crippen molar-refractivity contribution in [1.29, 1.82) is 0 Å². The standard InChI is InChI=1S/C25H29N3O5/c29-14-22-25-20(11-18(32-22)12-23(30)27-13-17-3-1-2-8-26-17)19-10-16(6-7-21(19)33-25)28-24(31)9-15-4-5-15/h1-3,6-8,10,15,18,20,22,25,29H,4-5,9,11-14H2,(H,27,30)(H,28,31)/t18-,20-,22-,25+/m0/s1. The summed E-state index contributed by atoms with van der Waals surface area (Å²) >= 11 is 0. The molecular formula is C25H29N3O5. The lowest BCUT2D eigenvalue weighted by Crippen LogP contribution is -2.47. The van der Waals surface area contributed by atoms with Crippen molar-refractivity contribution >= 4 is 17.5 Å². The third-order valence-corrected chi connectivity index (χ3v) is 6.56. The van der Waals surface area contributed by atoms with Gasteiger partial charge in [-0.25, -0.2) is 0 Å². The van der Waals surface area contributed by atoms with Gasteiger partial charge in [-0.1, -0.05) is 6.07 Å². The highest BCUT2D eigenvalue weighted by Crippen LogP contribution is 2.47. The van der Waals surface area contributed by atoms with Crippen molar-refractivity contribution in [1.82, 2.24) is 10.3 Å². The fourth-order valence-electron chi connectivity index (χ4n) is 4.73. The summed E-state index contributed by atoms with van der Waals surface area (Å²) in [6.45, 7) is 0.171. The first-order valence-corrected chi connectivity index (χ1v) is 11.6. The molecule has 2 fully saturated rings. The molecule has 1 aliphatic carbocycles. The average Bonchev–Trinajstić information content (AvgIpc) is 3.56. The molecule has 8 nitrogen and oxygen atoms in total. The van der Waals surface area contributed by atoms with E-state index in [4.69, 9.17) is 9.47 Å². The average molecular weight is 452 g/mol. The van der Waals surface area contributed by atoms with Gasteiger partial charge in [-0.15, -0.1) is 0 Å². The number of carbonyl (C=O) groups is 2. The zero-order valence-electron chi connectivity index (χ0n) is 18.4. The molecule has 2 aliphatic heterocycles. The highest BCUT2D eigenvalue weighted by molar-refractivity contribution is 5.91. The molecule has 1 aromatic carbocycles. The Balaban J connectivity index is 1.24. The minimum atomic E-state index is -0.516. The first-order valence-electron chi connectivity index (χ1n) is 11.6. The number of fused-ring (bicyclic) bond motifs is 3. The molecule has 174 valence electrons. The van der Waals surface area contributed by atoms with Crippen LogP contribution in [0.2, 0.25) is 0 Å². The third-order valence-electron chi connectivity index (χ3n) is 6.56. The molecule has 0 spiro atoms. The van der Waals surface area contributed by atoms with Gasteiger partial charge in [0, 0.05) is 29.8 Å². The van der Waals surface area contributed by atoms with Crippen molar-refractivity contribution in [3.05, 3.63) is 53.9 Å². The molecule has 3 aliphatic rings. The van der Waals surface area contributed by atoms with Crippen LogP contribution in [-0.4, -0.2) is 46.8 Å². The first kappa shape index (κ1) is 21.9. The van der Waals surface area contributed by atoms with Gasteiger partial charge in [0.1, 0.15) is 18.0 Å². The quantitative estimate of drug-likeness (QED) is 0.569. The summed E-state index contributed by atoms with van der Waals surface area (Å²) in [5.41, 5.74) is 2.53. The van der Waals surface area contributed by atoms with E-state index in [1.807, 2.05) is 36.4 Å². The minimum absolute atomic E-state index is 0.0141. The second-order valence-corrected chi connectivity index (χ2v) is 9.15. The van der Waals surface area contributed by atoms with Crippen LogP contribution in [0.15, 0.2) is 42.6 Å². The topological polar surface area (TPSA) is 110 Å². The van der Waals surface area contributed by atoms with Crippen LogP contribution in [0.3, 0.4) is 0 Å². The van der Waals surface area contributed by atoms with Crippen molar-refractivity contribution in [3.63, 3.8) is 0 Å². The molecule has 2 amide bonds. The zero-order valence-corrected chi connectivity index (χ0v) is 18.4. The van der Waals surface area contributed by atoms with Gasteiger partial charge in [-0.2, -0.15) is 0 Å². The van der Waals surface area contributed by atoms with E-state index in [1.54, 1.807) is 6.20 Å². The van der Waals surface area contributed by atoms with Gasteiger partial charge < -0.3 is 25.2 Å². The summed E-state index contributed by atoms with van der Waals surface area (Å²) < 4.78 is 12.1. The number of rotatable bonds is 8. The van der Waals surface area contributed by atoms with E-state index in [2.05, 4.69) is 15.6 Å². The van der Waals surface area contributed by atoms with Crippen LogP contribution in [0.1, 0.15) is 49.3 Å². The number of ether oxygens (including phenoxy) is 2. The number of nitrogens with one attached hydrogen (secondary N) is 2. The molecule has 0 unspecified atom stereocenters. The first-order chi connectivity index (χ1) is 16.1. The van der Waals surface area contributed by atoms with E-state index in [0.717, 1.165) is 35.5 Å². The molecule has 1 saturated heterocycles. The largest absolute Gasteiger partial charge is 0.487 e. The van der Waals surface area contributed by atoms with Crippen molar-refractivity contribution in [2.24, 2.45) is 5.92 Å². The Bertz CT molecular complexity index is 1010. The van der Waals surface area contributed by atoms with Crippen LogP contribution in [0.25, 0.3) is 0 Å². The molecule has 1 aromatic heterocycles. The number of anilines is 1. The lowest BCUT2D eigenvalue weighted by atomic mass is 9.84. The molecule has 5 rings (SSSR count). The molecule has 4 atom stereocenters. The number of nitrogens with zero attached hydrogens (tertiary/aromatic N) is 1. The highest BCUT2D eigenvalue weighted by atomic mass is 16.6. The molecular weight excluding hydrogens is 422 g/mol. The van der Waals surface area contributed by atoms with Crippen LogP contribution in [0.4, 0.5) is 5.69 Å². The van der Waals surface area contributed by atoms with E-state index >= 15 is 0 Å². The van der Waals surface area contributed by atoms with Crippen LogP contribution in [0.5, 0.6) is 5.75 Å². The Labute approximate surface area is 192 Å². The van der Waals surface area contributed by atoms with E-state index < -0.39 is 6.10 Å². The van der Waals surface area contributed by atoms with Crippen LogP contribution >= 0.6 is 0 Å². The molecule has 3 heterocycles. The van der Waals surface area contributed by atoms with E-state index in [-0.39, 0.29) is 43.0 Å². The SMILES string of the molecule is O=C(C[C@@H]1C[C@H]2c3cc(NC(=O)CC4CC4)ccc3O[C@H]2[C@H](CO)O1)NCc1ccccn1. The fraction of sp³-hybridized carbons (Fsp3) is 0.480. The van der Waals surface area contributed by atoms with Crippen molar-refractivity contribution < 1.29 is 24.2 Å². The van der Waals surface area contributed by atoms with Gasteiger partial charge >= 0.3 is 0 Å². The van der Waals surface area contributed by atoms with Gasteiger partial charge in [0.15, 0.2) is 0 Å². The van der Waals surface area contributed by atoms with Gasteiger partial charge in [0.25, 0.3) is 0 Å². The molecule has 0 bridgehead atoms. The van der Waals surface area contributed by atoms with Crippen LogP contribution in [-0.2, 0) is 20.9 Å². The number of hydrogen-bond acceptors (Lipinski definition) is 6. The van der Waals surface area contributed by atoms with Crippen molar-refractivity contribution in [2.75, 3.05) is 11.9 Å². The lowest BCUT2D eigenvalue weighted by molar-refractivity contribution is -0.142. The number of aliphatic hydroxyl groups excluding tert-OH is 1. The predicted octanol–water partition coefficient (Wildman–Crippen LogP) is 2.52. The fourth-order valence-corrected chi connectivity index (χ4v) is 4.73. The van der Waals surface area contributed by atoms with Gasteiger partial charge in [0.05, 0.1) is 31.4 Å². The third kappa shape index (κ3) is 5.17. The predicted molar refractivity (Wildman–Crippen MR) is 121 cm³/mol. The second-order valence-electron chi connectivity index (χ2n) is 9.15. The van der Waals surface area contributed by atoms with E-state index in [9.17, 15) is 14.7 Å². The van der Waals surface area contributed by atoms with Crippen LogP contribution < -0.4 is 15.4 Å². The summed E-state index contributed by atoms with van der Waals surface area (Å²) in [6.07, 6.45) is 4.16. The normalized spacial score (nSPS) is 25.5. The van der Waals surface area contributed by atoms with Crippen molar-refractivity contribution in [2.45, 2.75) is 62.9 Å². The van der Waals surface area contributed by atoms with Gasteiger partial charge in [-0.05, 0) is 55.5 Å². The number of carbonyl (C=O) groups excluding carboxylic acids is 2. The Kier molecular flexibility index (Phi) is 6.28. The Morgan fingerprint density at radius 2 is 2.00 bits per heavy atom. The molecule has 1 saturated carbocycles. The van der Waals surface area contributed by atoms with Crippen molar-refractivity contribution in [3.8, 4) is 5.75 Å². The number of hydrogen-bond donors (Lipinski definition) is 3. The Morgan fingerprint density at radius 3 is 2.76 bits per heavy atom. The monoisotopic (exact) mass is 451 g/mol. The summed E-state index contributed by atoms with van der Waals surface area (Å²) in [4.78, 5) is 29.0. The Hall–Kier alpha value is -2.97.